The van der Waals surface area contributed by atoms with Crippen LogP contribution in [-0.2, 0) is 13.0 Å². The molecule has 9 heteroatoms. The maximum Gasteiger partial charge on any atom is 0.393 e. The van der Waals surface area contributed by atoms with Gasteiger partial charge in [0.1, 0.15) is 10.6 Å². The third-order valence-electron chi connectivity index (χ3n) is 6.53. The van der Waals surface area contributed by atoms with E-state index in [1.807, 2.05) is 6.07 Å². The Labute approximate surface area is 189 Å². The van der Waals surface area contributed by atoms with Crippen LogP contribution < -0.4 is 10.2 Å². The summed E-state index contributed by atoms with van der Waals surface area (Å²) >= 11 is 1.11. The number of likely N-dealkylation sites (tertiary alicyclic amines) is 1. The Morgan fingerprint density at radius 1 is 1.12 bits per heavy atom. The van der Waals surface area contributed by atoms with Crippen molar-refractivity contribution in [3.8, 4) is 0 Å². The molecule has 2 aliphatic heterocycles. The topological polar surface area (TPSA) is 44.3 Å². The van der Waals surface area contributed by atoms with Crippen LogP contribution in [0, 0.1) is 5.92 Å². The summed E-state index contributed by atoms with van der Waals surface area (Å²) in [7, 11) is 1.74. The first-order valence-corrected chi connectivity index (χ1v) is 11.8. The van der Waals surface area contributed by atoms with Crippen LogP contribution in [0.1, 0.15) is 23.3 Å². The molecule has 2 saturated heterocycles. The largest absolute Gasteiger partial charge is 0.393 e. The average molecular weight is 462 g/mol. The Balaban J connectivity index is 1.43. The van der Waals surface area contributed by atoms with Crippen molar-refractivity contribution in [2.45, 2.75) is 38.0 Å². The summed E-state index contributed by atoms with van der Waals surface area (Å²) in [6.07, 6.45) is -2.91. The van der Waals surface area contributed by atoms with Crippen LogP contribution in [-0.4, -0.2) is 53.8 Å². The van der Waals surface area contributed by atoms with Crippen molar-refractivity contribution in [3.05, 3.63) is 46.8 Å². The smallest absolute Gasteiger partial charge is 0.357 e. The van der Waals surface area contributed by atoms with Gasteiger partial charge in [-0.15, -0.1) is 11.3 Å². The molecule has 3 aromatic rings. The fraction of sp³-hybridized carbons (Fsp3) is 0.478. The maximum atomic E-state index is 13.0. The molecule has 2 unspecified atom stereocenters. The number of hydrogen-bond donors (Lipinski definition) is 1. The number of nitrogens with one attached hydrogen (secondary N) is 1. The van der Waals surface area contributed by atoms with Gasteiger partial charge in [-0.3, -0.25) is 4.90 Å². The number of rotatable bonds is 5. The minimum absolute atomic E-state index is 0.276. The van der Waals surface area contributed by atoms with E-state index in [2.05, 4.69) is 49.4 Å². The minimum Gasteiger partial charge on any atom is -0.357 e. The van der Waals surface area contributed by atoms with Crippen LogP contribution in [0.25, 0.3) is 10.2 Å². The lowest BCUT2D eigenvalue weighted by atomic mass is 9.92. The number of alkyl halides is 3. The van der Waals surface area contributed by atoms with Crippen LogP contribution >= 0.6 is 11.3 Å². The molecule has 2 atom stereocenters. The van der Waals surface area contributed by atoms with Gasteiger partial charge in [0.25, 0.3) is 0 Å². The second-order valence-electron chi connectivity index (χ2n) is 8.65. The highest BCUT2D eigenvalue weighted by molar-refractivity contribution is 7.18. The fourth-order valence-electron chi connectivity index (χ4n) is 5.03. The summed E-state index contributed by atoms with van der Waals surface area (Å²) in [5, 5.41) is 3.69. The van der Waals surface area contributed by atoms with Gasteiger partial charge in [-0.1, -0.05) is 30.3 Å². The normalized spacial score (nSPS) is 21.8. The van der Waals surface area contributed by atoms with Crippen molar-refractivity contribution in [1.82, 2.24) is 14.9 Å². The van der Waals surface area contributed by atoms with Crippen molar-refractivity contribution in [2.24, 2.45) is 5.92 Å². The summed E-state index contributed by atoms with van der Waals surface area (Å²) in [6.45, 7) is 3.69. The number of fused-ring (bicyclic) bond motifs is 2. The molecule has 1 N–H and O–H groups in total. The predicted octanol–water partition coefficient (Wildman–Crippen LogP) is 4.94. The second-order valence-corrected chi connectivity index (χ2v) is 9.77. The van der Waals surface area contributed by atoms with E-state index in [0.29, 0.717) is 22.7 Å². The molecule has 0 aliphatic carbocycles. The van der Waals surface area contributed by atoms with Crippen molar-refractivity contribution in [2.75, 3.05) is 36.9 Å². The molecule has 0 spiro atoms. The van der Waals surface area contributed by atoms with E-state index in [9.17, 15) is 13.2 Å². The number of thiophene rings is 1. The number of benzene rings is 1. The monoisotopic (exact) mass is 461 g/mol. The molecular formula is C23H26F3N5S. The number of halogens is 3. The van der Waals surface area contributed by atoms with Crippen molar-refractivity contribution in [1.29, 1.82) is 0 Å². The van der Waals surface area contributed by atoms with E-state index in [1.54, 1.807) is 13.1 Å². The van der Waals surface area contributed by atoms with E-state index in [0.717, 1.165) is 55.1 Å². The summed E-state index contributed by atoms with van der Waals surface area (Å²) < 4.78 is 38.9. The summed E-state index contributed by atoms with van der Waals surface area (Å²) in [5.74, 6) is 1.84. The summed E-state index contributed by atoms with van der Waals surface area (Å²) in [5.41, 5.74) is 1.31. The van der Waals surface area contributed by atoms with Crippen LogP contribution in [0.2, 0.25) is 0 Å². The molecule has 170 valence electrons. The zero-order chi connectivity index (χ0) is 22.3. The zero-order valence-electron chi connectivity index (χ0n) is 17.9. The Hall–Kier alpha value is -2.39. The van der Waals surface area contributed by atoms with Crippen LogP contribution in [0.15, 0.2) is 36.4 Å². The Kier molecular flexibility index (Phi) is 5.71. The highest BCUT2D eigenvalue weighted by Crippen LogP contribution is 2.39. The fourth-order valence-corrected chi connectivity index (χ4v) is 6.08. The molecule has 4 heterocycles. The van der Waals surface area contributed by atoms with Gasteiger partial charge in [-0.25, -0.2) is 4.98 Å². The average Bonchev–Trinajstić information content (AvgIpc) is 3.35. The lowest BCUT2D eigenvalue weighted by molar-refractivity contribution is -0.126. The molecule has 2 aromatic heterocycles. The molecule has 32 heavy (non-hydrogen) atoms. The summed E-state index contributed by atoms with van der Waals surface area (Å²) in [4.78, 5) is 14.8. The molecule has 5 rings (SSSR count). The van der Waals surface area contributed by atoms with E-state index >= 15 is 0 Å². The van der Waals surface area contributed by atoms with Gasteiger partial charge in [0.05, 0.1) is 11.8 Å². The number of aromatic nitrogens is 2. The van der Waals surface area contributed by atoms with Crippen molar-refractivity contribution in [3.63, 3.8) is 0 Å². The standard InChI is InChI=1S/C23H26F3N5S/c1-27-22-28-20(18-11-17(12-23(24,25)26)32-21(18)29-22)31-10-8-16-7-9-30(19(16)14-31)13-15-5-3-2-4-6-15/h2-6,11,16,19H,7-10,12-14H2,1H3,(H,27,28,29). The Morgan fingerprint density at radius 2 is 1.91 bits per heavy atom. The first-order valence-electron chi connectivity index (χ1n) is 11.0. The third-order valence-corrected chi connectivity index (χ3v) is 7.56. The number of nitrogens with zero attached hydrogens (tertiary/aromatic N) is 4. The quantitative estimate of drug-likeness (QED) is 0.583. The number of anilines is 2. The predicted molar refractivity (Wildman–Crippen MR) is 122 cm³/mol. The maximum absolute atomic E-state index is 13.0. The molecule has 0 bridgehead atoms. The Bertz CT molecular complexity index is 1080. The third kappa shape index (κ3) is 4.41. The lowest BCUT2D eigenvalue weighted by Gasteiger charge is -2.39. The van der Waals surface area contributed by atoms with E-state index < -0.39 is 12.6 Å². The number of piperidine rings is 1. The van der Waals surface area contributed by atoms with Gasteiger partial charge in [0.2, 0.25) is 5.95 Å². The minimum atomic E-state index is -4.24. The van der Waals surface area contributed by atoms with Crippen molar-refractivity contribution < 1.29 is 13.2 Å². The first-order chi connectivity index (χ1) is 15.4. The van der Waals surface area contributed by atoms with Gasteiger partial charge in [-0.2, -0.15) is 18.2 Å². The lowest BCUT2D eigenvalue weighted by Crippen LogP contribution is -2.48. The molecule has 0 saturated carbocycles. The van der Waals surface area contributed by atoms with Gasteiger partial charge < -0.3 is 10.2 Å². The van der Waals surface area contributed by atoms with Gasteiger partial charge in [0.15, 0.2) is 0 Å². The molecule has 0 amide bonds. The highest BCUT2D eigenvalue weighted by Gasteiger charge is 2.39. The first kappa shape index (κ1) is 21.5. The Morgan fingerprint density at radius 3 is 2.66 bits per heavy atom. The molecular weight excluding hydrogens is 435 g/mol. The molecule has 0 radical (unpaired) electrons. The SMILES string of the molecule is CNc1nc(N2CCC3CCN(Cc4ccccc4)C3C2)c2cc(CC(F)(F)F)sc2n1. The second kappa shape index (κ2) is 8.51. The van der Waals surface area contributed by atoms with Crippen LogP contribution in [0.4, 0.5) is 24.9 Å². The molecule has 2 fully saturated rings. The van der Waals surface area contributed by atoms with Crippen LogP contribution in [0.3, 0.4) is 0 Å². The highest BCUT2D eigenvalue weighted by atomic mass is 32.1. The van der Waals surface area contributed by atoms with Crippen LogP contribution in [0.5, 0.6) is 0 Å². The van der Waals surface area contributed by atoms with Crippen molar-refractivity contribution >= 4 is 33.3 Å². The van der Waals surface area contributed by atoms with Gasteiger partial charge >= 0.3 is 6.18 Å². The van der Waals surface area contributed by atoms with E-state index in [4.69, 9.17) is 0 Å². The van der Waals surface area contributed by atoms with E-state index in [1.165, 1.54) is 12.0 Å². The molecule has 5 nitrogen and oxygen atoms in total. The molecule has 2 aliphatic rings. The number of hydrogen-bond acceptors (Lipinski definition) is 6. The van der Waals surface area contributed by atoms with Gasteiger partial charge in [0, 0.05) is 37.6 Å². The van der Waals surface area contributed by atoms with Gasteiger partial charge in [-0.05, 0) is 36.9 Å². The zero-order valence-corrected chi connectivity index (χ0v) is 18.7. The van der Waals surface area contributed by atoms with E-state index in [-0.39, 0.29) is 4.88 Å². The molecule has 1 aromatic carbocycles. The summed E-state index contributed by atoms with van der Waals surface area (Å²) in [6, 6.07) is 12.5.